The van der Waals surface area contributed by atoms with Crippen molar-refractivity contribution in [3.05, 3.63) is 46.3 Å². The van der Waals surface area contributed by atoms with Crippen LogP contribution in [0.25, 0.3) is 5.69 Å². The first-order chi connectivity index (χ1) is 15.0. The minimum atomic E-state index is -0.595. The molecule has 3 rings (SSSR count). The first-order valence-electron chi connectivity index (χ1n) is 9.25. The molecule has 0 bridgehead atoms. The average molecular weight is 461 g/mol. The number of thioether (sulfide) groups is 1. The molecule has 0 aliphatic rings. The highest BCUT2D eigenvalue weighted by Crippen LogP contribution is 2.34. The first kappa shape index (κ1) is 22.4. The molecule has 2 N–H and O–H groups in total. The Hall–Kier alpha value is -3.25. The van der Waals surface area contributed by atoms with Gasteiger partial charge < -0.3 is 15.4 Å². The summed E-state index contributed by atoms with van der Waals surface area (Å²) in [6.07, 6.45) is 0. The van der Waals surface area contributed by atoms with Crippen molar-refractivity contribution in [2.75, 3.05) is 24.7 Å². The van der Waals surface area contributed by atoms with Gasteiger partial charge in [-0.2, -0.15) is 4.68 Å². The number of thiophene rings is 1. The number of anilines is 1. The number of rotatable bonds is 8. The third-order valence-corrected chi connectivity index (χ3v) is 6.21. The van der Waals surface area contributed by atoms with E-state index in [4.69, 9.17) is 4.74 Å². The van der Waals surface area contributed by atoms with Crippen LogP contribution in [0.5, 0.6) is 0 Å². The normalized spacial score (nSPS) is 10.5. The molecular formula is C19H20N6O4S2. The van der Waals surface area contributed by atoms with Gasteiger partial charge in [-0.1, -0.05) is 30.0 Å². The number of carbonyl (C=O) groups excluding carboxylic acids is 3. The summed E-state index contributed by atoms with van der Waals surface area (Å²) in [7, 11) is 1.50. The predicted octanol–water partition coefficient (Wildman–Crippen LogP) is 2.30. The van der Waals surface area contributed by atoms with Crippen molar-refractivity contribution in [3.8, 4) is 5.69 Å². The van der Waals surface area contributed by atoms with Crippen LogP contribution in [-0.4, -0.2) is 57.4 Å². The van der Waals surface area contributed by atoms with E-state index >= 15 is 0 Å². The van der Waals surface area contributed by atoms with Crippen LogP contribution >= 0.6 is 23.1 Å². The Morgan fingerprint density at radius 3 is 2.65 bits per heavy atom. The number of esters is 1. The summed E-state index contributed by atoms with van der Waals surface area (Å²) in [6.45, 7) is 3.51. The monoisotopic (exact) mass is 460 g/mol. The number of hydrogen-bond donors (Lipinski definition) is 2. The van der Waals surface area contributed by atoms with E-state index in [0.29, 0.717) is 15.6 Å². The maximum atomic E-state index is 12.6. The quantitative estimate of drug-likeness (QED) is 0.387. The lowest BCUT2D eigenvalue weighted by atomic mass is 10.1. The average Bonchev–Trinajstić information content (AvgIpc) is 3.37. The number of tetrazole rings is 1. The largest absolute Gasteiger partial charge is 0.462 e. The molecule has 31 heavy (non-hydrogen) atoms. The van der Waals surface area contributed by atoms with Crippen molar-refractivity contribution in [2.24, 2.45) is 0 Å². The van der Waals surface area contributed by atoms with Gasteiger partial charge in [0, 0.05) is 7.05 Å². The van der Waals surface area contributed by atoms with E-state index in [2.05, 4.69) is 26.2 Å². The minimum Gasteiger partial charge on any atom is -0.462 e. The fourth-order valence-corrected chi connectivity index (χ4v) is 4.52. The Labute approximate surface area is 186 Å². The smallest absolute Gasteiger partial charge is 0.341 e. The summed E-state index contributed by atoms with van der Waals surface area (Å²) in [5.74, 6) is -1.31. The van der Waals surface area contributed by atoms with E-state index in [1.54, 1.807) is 13.8 Å². The van der Waals surface area contributed by atoms with Gasteiger partial charge in [-0.05, 0) is 42.0 Å². The fraction of sp³-hybridized carbons (Fsp3) is 0.263. The molecule has 0 saturated carbocycles. The highest BCUT2D eigenvalue weighted by atomic mass is 32.2. The van der Waals surface area contributed by atoms with Crippen LogP contribution in [0.4, 0.5) is 5.00 Å². The molecule has 0 unspecified atom stereocenters. The summed E-state index contributed by atoms with van der Waals surface area (Å²) < 4.78 is 6.62. The standard InChI is InChI=1S/C19H20N6O4S2/c1-4-29-18(28)14-11(2)15(16(27)20-3)31-17(14)21-13(26)10-30-19-22-23-24-25(19)12-8-6-5-7-9-12/h5-9H,4,10H2,1-3H3,(H,20,27)(H,21,26). The summed E-state index contributed by atoms with van der Waals surface area (Å²) in [6, 6.07) is 9.30. The molecule has 10 nitrogen and oxygen atoms in total. The van der Waals surface area contributed by atoms with Crippen molar-refractivity contribution < 1.29 is 19.1 Å². The van der Waals surface area contributed by atoms with E-state index < -0.39 is 5.97 Å². The molecule has 0 atom stereocenters. The maximum Gasteiger partial charge on any atom is 0.341 e. The van der Waals surface area contributed by atoms with Gasteiger partial charge in [0.1, 0.15) is 5.00 Å². The lowest BCUT2D eigenvalue weighted by Gasteiger charge is -2.07. The lowest BCUT2D eigenvalue weighted by molar-refractivity contribution is -0.113. The highest BCUT2D eigenvalue weighted by Gasteiger charge is 2.26. The second kappa shape index (κ2) is 10.2. The third kappa shape index (κ3) is 5.09. The Morgan fingerprint density at radius 1 is 1.23 bits per heavy atom. The molecule has 2 aromatic heterocycles. The van der Waals surface area contributed by atoms with Gasteiger partial charge in [-0.3, -0.25) is 9.59 Å². The number of benzene rings is 1. The van der Waals surface area contributed by atoms with Crippen molar-refractivity contribution in [2.45, 2.75) is 19.0 Å². The van der Waals surface area contributed by atoms with Gasteiger partial charge >= 0.3 is 5.97 Å². The molecule has 0 aliphatic heterocycles. The summed E-state index contributed by atoms with van der Waals surface area (Å²) in [4.78, 5) is 37.5. The predicted molar refractivity (Wildman–Crippen MR) is 117 cm³/mol. The summed E-state index contributed by atoms with van der Waals surface area (Å²) >= 11 is 2.17. The second-order valence-electron chi connectivity index (χ2n) is 6.11. The number of nitrogens with zero attached hydrogens (tertiary/aromatic N) is 4. The summed E-state index contributed by atoms with van der Waals surface area (Å²) in [5, 5.41) is 17.5. The number of carbonyl (C=O) groups is 3. The summed E-state index contributed by atoms with van der Waals surface area (Å²) in [5.41, 5.74) is 1.40. The topological polar surface area (TPSA) is 128 Å². The van der Waals surface area contributed by atoms with Gasteiger partial charge in [0.2, 0.25) is 11.1 Å². The maximum absolute atomic E-state index is 12.6. The van der Waals surface area contributed by atoms with Gasteiger partial charge in [0.05, 0.1) is 28.5 Å². The van der Waals surface area contributed by atoms with E-state index in [-0.39, 0.29) is 34.7 Å². The zero-order valence-electron chi connectivity index (χ0n) is 17.0. The molecule has 2 heterocycles. The number of ether oxygens (including phenoxy) is 1. The van der Waals surface area contributed by atoms with Crippen LogP contribution < -0.4 is 10.6 Å². The van der Waals surface area contributed by atoms with Crippen LogP contribution in [0, 0.1) is 6.92 Å². The van der Waals surface area contributed by atoms with E-state index in [1.165, 1.54) is 11.7 Å². The first-order valence-corrected chi connectivity index (χ1v) is 11.1. The Bertz CT molecular complexity index is 1100. The van der Waals surface area contributed by atoms with Gasteiger partial charge in [-0.25, -0.2) is 4.79 Å². The molecule has 162 valence electrons. The van der Waals surface area contributed by atoms with E-state index in [0.717, 1.165) is 28.8 Å². The second-order valence-corrected chi connectivity index (χ2v) is 8.07. The van der Waals surface area contributed by atoms with Crippen molar-refractivity contribution >= 4 is 45.9 Å². The van der Waals surface area contributed by atoms with Crippen molar-refractivity contribution in [1.82, 2.24) is 25.5 Å². The molecule has 0 fully saturated rings. The Morgan fingerprint density at radius 2 is 1.97 bits per heavy atom. The number of hydrogen-bond acceptors (Lipinski definition) is 9. The number of nitrogens with one attached hydrogen (secondary N) is 2. The molecule has 12 heteroatoms. The molecule has 0 aliphatic carbocycles. The molecular weight excluding hydrogens is 440 g/mol. The number of para-hydroxylation sites is 1. The zero-order chi connectivity index (χ0) is 22.4. The van der Waals surface area contributed by atoms with Crippen molar-refractivity contribution in [1.29, 1.82) is 0 Å². The van der Waals surface area contributed by atoms with Crippen LogP contribution in [0.3, 0.4) is 0 Å². The SMILES string of the molecule is CCOC(=O)c1c(NC(=O)CSc2nnnn2-c2ccccc2)sc(C(=O)NC)c1C. The molecule has 0 saturated heterocycles. The van der Waals surface area contributed by atoms with Gasteiger partial charge in [0.25, 0.3) is 5.91 Å². The Balaban J connectivity index is 1.76. The minimum absolute atomic E-state index is 0.00171. The highest BCUT2D eigenvalue weighted by molar-refractivity contribution is 7.99. The lowest BCUT2D eigenvalue weighted by Crippen LogP contribution is -2.18. The van der Waals surface area contributed by atoms with Crippen LogP contribution in [0.15, 0.2) is 35.5 Å². The van der Waals surface area contributed by atoms with Crippen molar-refractivity contribution in [3.63, 3.8) is 0 Å². The van der Waals surface area contributed by atoms with Crippen LogP contribution in [-0.2, 0) is 9.53 Å². The van der Waals surface area contributed by atoms with Crippen LogP contribution in [0.2, 0.25) is 0 Å². The Kier molecular flexibility index (Phi) is 7.36. The fourth-order valence-electron chi connectivity index (χ4n) is 2.67. The van der Waals surface area contributed by atoms with Crippen LogP contribution in [0.1, 0.15) is 32.5 Å². The molecule has 3 aromatic rings. The third-order valence-electron chi connectivity index (χ3n) is 4.09. The number of amides is 2. The molecule has 0 radical (unpaired) electrons. The van der Waals surface area contributed by atoms with E-state index in [9.17, 15) is 14.4 Å². The number of aromatic nitrogens is 4. The molecule has 2 amide bonds. The molecule has 0 spiro atoms. The van der Waals surface area contributed by atoms with Gasteiger partial charge in [-0.15, -0.1) is 16.4 Å². The van der Waals surface area contributed by atoms with E-state index in [1.807, 2.05) is 30.3 Å². The van der Waals surface area contributed by atoms with Gasteiger partial charge in [0.15, 0.2) is 0 Å². The molecule has 1 aromatic carbocycles. The zero-order valence-corrected chi connectivity index (χ0v) is 18.7.